The number of thioether (sulfide) groups is 1. The highest BCUT2D eigenvalue weighted by Gasteiger charge is 2.31. The number of ether oxygens (including phenoxy) is 1. The van der Waals surface area contributed by atoms with E-state index >= 15 is 0 Å². The van der Waals surface area contributed by atoms with Crippen LogP contribution in [0.4, 0.5) is 0 Å². The highest BCUT2D eigenvalue weighted by atomic mass is 32.2. The number of amides is 1. The van der Waals surface area contributed by atoms with Crippen LogP contribution in [0.25, 0.3) is 11.0 Å². The summed E-state index contributed by atoms with van der Waals surface area (Å²) in [5.41, 5.74) is 1.30. The lowest BCUT2D eigenvalue weighted by Gasteiger charge is -2.32. The number of carbonyl (C=O) groups excluding carboxylic acids is 2. The first-order valence-corrected chi connectivity index (χ1v) is 12.7. The quantitative estimate of drug-likeness (QED) is 0.487. The minimum atomic E-state index is -3.82. The fourth-order valence-electron chi connectivity index (χ4n) is 3.72. The van der Waals surface area contributed by atoms with Gasteiger partial charge in [0.1, 0.15) is 0 Å². The number of esters is 1. The third-order valence-electron chi connectivity index (χ3n) is 5.39. The zero-order valence-electron chi connectivity index (χ0n) is 17.9. The molecule has 1 aliphatic rings. The van der Waals surface area contributed by atoms with Gasteiger partial charge in [0.15, 0.2) is 5.16 Å². The van der Waals surface area contributed by atoms with E-state index in [-0.39, 0.29) is 27.9 Å². The zero-order valence-corrected chi connectivity index (χ0v) is 19.5. The van der Waals surface area contributed by atoms with E-state index in [1.807, 2.05) is 18.4 Å². The lowest BCUT2D eigenvalue weighted by atomic mass is 9.97. The topological polar surface area (TPSA) is 125 Å². The predicted molar refractivity (Wildman–Crippen MR) is 118 cm³/mol. The first-order valence-electron chi connectivity index (χ1n) is 10.3. The largest absolute Gasteiger partial charge is 0.466 e. The summed E-state index contributed by atoms with van der Waals surface area (Å²) in [7, 11) is -3.82. The van der Waals surface area contributed by atoms with Crippen molar-refractivity contribution in [2.45, 2.75) is 55.5 Å². The molecule has 1 saturated heterocycles. The molecule has 3 rings (SSSR count). The Morgan fingerprint density at radius 1 is 1.29 bits per heavy atom. The van der Waals surface area contributed by atoms with Gasteiger partial charge in [0.2, 0.25) is 15.9 Å². The Morgan fingerprint density at radius 3 is 2.55 bits per heavy atom. The second-order valence-corrected chi connectivity index (χ2v) is 10.3. The molecule has 2 aromatic rings. The number of aromatic nitrogens is 2. The third-order valence-corrected chi connectivity index (χ3v) is 7.37. The molecule has 1 aliphatic heterocycles. The second kappa shape index (κ2) is 9.58. The van der Waals surface area contributed by atoms with Gasteiger partial charge in [0.05, 0.1) is 33.7 Å². The molecule has 0 radical (unpaired) electrons. The van der Waals surface area contributed by atoms with Gasteiger partial charge >= 0.3 is 5.97 Å². The molecule has 1 amide bonds. The highest BCUT2D eigenvalue weighted by Crippen LogP contribution is 2.30. The van der Waals surface area contributed by atoms with Gasteiger partial charge in [0, 0.05) is 19.6 Å². The number of sulfonamides is 1. The summed E-state index contributed by atoms with van der Waals surface area (Å²) in [6.45, 7) is 7.62. The predicted octanol–water partition coefficient (Wildman–Crippen LogP) is 1.99. The van der Waals surface area contributed by atoms with E-state index in [2.05, 4.69) is 4.98 Å². The van der Waals surface area contributed by atoms with Gasteiger partial charge < -0.3 is 14.2 Å². The summed E-state index contributed by atoms with van der Waals surface area (Å²) in [5, 5.41) is 5.50. The molecule has 170 valence electrons. The lowest BCUT2D eigenvalue weighted by molar-refractivity contribution is -0.151. The second-order valence-electron chi connectivity index (χ2n) is 7.45. The van der Waals surface area contributed by atoms with Crippen LogP contribution in [0.3, 0.4) is 0 Å². The average Bonchev–Trinajstić information content (AvgIpc) is 3.08. The van der Waals surface area contributed by atoms with Gasteiger partial charge in [-0.15, -0.1) is 0 Å². The minimum absolute atomic E-state index is 0.00546. The van der Waals surface area contributed by atoms with Crippen LogP contribution in [-0.2, 0) is 30.9 Å². The number of aryl methyl sites for hydroxylation is 1. The zero-order chi connectivity index (χ0) is 22.8. The van der Waals surface area contributed by atoms with Crippen molar-refractivity contribution >= 4 is 44.7 Å². The van der Waals surface area contributed by atoms with Crippen molar-refractivity contribution in [3.05, 3.63) is 18.2 Å². The Balaban J connectivity index is 1.72. The van der Waals surface area contributed by atoms with Crippen LogP contribution >= 0.6 is 11.8 Å². The molecule has 0 spiro atoms. The van der Waals surface area contributed by atoms with Gasteiger partial charge in [-0.1, -0.05) is 11.8 Å². The van der Waals surface area contributed by atoms with Gasteiger partial charge in [-0.25, -0.2) is 18.5 Å². The number of nitrogens with zero attached hydrogens (tertiary/aromatic N) is 3. The maximum atomic E-state index is 13.0. The number of hydrogen-bond acceptors (Lipinski definition) is 7. The van der Waals surface area contributed by atoms with Crippen LogP contribution in [0.15, 0.2) is 28.3 Å². The molecule has 11 heteroatoms. The molecular formula is C20H28N4O5S2. The van der Waals surface area contributed by atoms with Crippen LogP contribution in [-0.4, -0.2) is 59.7 Å². The van der Waals surface area contributed by atoms with Gasteiger partial charge in [-0.2, -0.15) is 0 Å². The van der Waals surface area contributed by atoms with Crippen molar-refractivity contribution in [2.24, 2.45) is 11.1 Å². The van der Waals surface area contributed by atoms with Crippen molar-refractivity contribution < 1.29 is 22.7 Å². The number of rotatable bonds is 7. The number of hydrogen-bond donors (Lipinski definition) is 1. The first kappa shape index (κ1) is 23.6. The highest BCUT2D eigenvalue weighted by molar-refractivity contribution is 8.00. The summed E-state index contributed by atoms with van der Waals surface area (Å²) in [6.07, 6.45) is 1.21. The molecule has 1 fully saturated rings. The van der Waals surface area contributed by atoms with Crippen LogP contribution in [0.5, 0.6) is 0 Å². The Kier molecular flexibility index (Phi) is 7.28. The van der Waals surface area contributed by atoms with E-state index in [1.165, 1.54) is 23.9 Å². The van der Waals surface area contributed by atoms with E-state index in [4.69, 9.17) is 9.88 Å². The van der Waals surface area contributed by atoms with Crippen LogP contribution < -0.4 is 5.14 Å². The number of fused-ring (bicyclic) bond motifs is 1. The Morgan fingerprint density at radius 2 is 1.97 bits per heavy atom. The first-order chi connectivity index (χ1) is 14.7. The number of nitrogens with two attached hydrogens (primary N) is 1. The molecule has 31 heavy (non-hydrogen) atoms. The molecular weight excluding hydrogens is 440 g/mol. The van der Waals surface area contributed by atoms with E-state index < -0.39 is 10.0 Å². The van der Waals surface area contributed by atoms with Crippen molar-refractivity contribution in [3.63, 3.8) is 0 Å². The maximum absolute atomic E-state index is 13.0. The van der Waals surface area contributed by atoms with Gasteiger partial charge in [-0.3, -0.25) is 9.59 Å². The Bertz CT molecular complexity index is 1070. The molecule has 0 saturated carbocycles. The number of carbonyl (C=O) groups is 2. The molecule has 0 bridgehead atoms. The number of primary sulfonamides is 1. The lowest BCUT2D eigenvalue weighted by Crippen LogP contribution is -2.43. The summed E-state index contributed by atoms with van der Waals surface area (Å²) in [4.78, 5) is 31.2. The normalized spacial score (nSPS) is 16.5. The SMILES string of the molecule is CCOC(=O)C1CCN(C(=O)C(C)Sc2nc3cc(S(N)(=O)=O)ccc3n2CC)CC1. The van der Waals surface area contributed by atoms with Crippen molar-refractivity contribution in [1.29, 1.82) is 0 Å². The molecule has 1 aromatic carbocycles. The minimum Gasteiger partial charge on any atom is -0.466 e. The summed E-state index contributed by atoms with van der Waals surface area (Å²) >= 11 is 1.34. The number of benzene rings is 1. The fourth-order valence-corrected chi connectivity index (χ4v) is 5.33. The average molecular weight is 469 g/mol. The number of imidazole rings is 1. The van der Waals surface area contributed by atoms with E-state index in [1.54, 1.807) is 17.9 Å². The molecule has 9 nitrogen and oxygen atoms in total. The van der Waals surface area contributed by atoms with E-state index in [9.17, 15) is 18.0 Å². The van der Waals surface area contributed by atoms with Gasteiger partial charge in [-0.05, 0) is 51.8 Å². The molecule has 1 unspecified atom stereocenters. The van der Waals surface area contributed by atoms with Crippen molar-refractivity contribution in [3.8, 4) is 0 Å². The van der Waals surface area contributed by atoms with Gasteiger partial charge in [0.25, 0.3) is 0 Å². The van der Waals surface area contributed by atoms with Crippen LogP contribution in [0.1, 0.15) is 33.6 Å². The van der Waals surface area contributed by atoms with Crippen molar-refractivity contribution in [1.82, 2.24) is 14.5 Å². The monoisotopic (exact) mass is 468 g/mol. The smallest absolute Gasteiger partial charge is 0.309 e. The molecule has 2 N–H and O–H groups in total. The van der Waals surface area contributed by atoms with Crippen LogP contribution in [0, 0.1) is 5.92 Å². The summed E-state index contributed by atoms with van der Waals surface area (Å²) in [5.74, 6) is -0.343. The van der Waals surface area contributed by atoms with E-state index in [0.29, 0.717) is 49.8 Å². The molecule has 1 atom stereocenters. The maximum Gasteiger partial charge on any atom is 0.309 e. The summed E-state index contributed by atoms with van der Waals surface area (Å²) < 4.78 is 30.3. The molecule has 1 aromatic heterocycles. The molecule has 2 heterocycles. The van der Waals surface area contributed by atoms with Crippen LogP contribution in [0.2, 0.25) is 0 Å². The van der Waals surface area contributed by atoms with Crippen molar-refractivity contribution in [2.75, 3.05) is 19.7 Å². The third kappa shape index (κ3) is 5.21. The fraction of sp³-hybridized carbons (Fsp3) is 0.550. The number of piperidine rings is 1. The Labute approximate surface area is 186 Å². The molecule has 0 aliphatic carbocycles. The summed E-state index contributed by atoms with van der Waals surface area (Å²) in [6, 6.07) is 4.60. The Hall–Kier alpha value is -2.11. The standard InChI is InChI=1S/C20H28N4O5S2/c1-4-24-17-7-6-15(31(21,27)28)12-16(17)22-20(24)30-13(3)18(25)23-10-8-14(9-11-23)19(26)29-5-2/h6-7,12-14H,4-5,8-11H2,1-3H3,(H2,21,27,28). The van der Waals surface area contributed by atoms with E-state index in [0.717, 1.165) is 5.52 Å². The number of likely N-dealkylation sites (tertiary alicyclic amines) is 1.